The van der Waals surface area contributed by atoms with Gasteiger partial charge in [-0.2, -0.15) is 0 Å². The Morgan fingerprint density at radius 3 is 2.27 bits per heavy atom. The van der Waals surface area contributed by atoms with Crippen molar-refractivity contribution < 1.29 is 24.9 Å². The van der Waals surface area contributed by atoms with Crippen LogP contribution in [0.25, 0.3) is 50.4 Å². The smallest absolute Gasteiger partial charge is 0.316 e. The predicted octanol–water partition coefficient (Wildman–Crippen LogP) is 5.50. The molecule has 6 rings (SSSR count). The third-order valence-electron chi connectivity index (χ3n) is 9.10. The van der Waals surface area contributed by atoms with Gasteiger partial charge >= 0.3 is 5.97 Å². The average molecular weight is 593 g/mol. The van der Waals surface area contributed by atoms with Gasteiger partial charge in [0.05, 0.1) is 36.0 Å². The molecule has 1 unspecified atom stereocenters. The average Bonchev–Trinajstić information content (AvgIpc) is 3.72. The van der Waals surface area contributed by atoms with E-state index in [2.05, 4.69) is 36.5 Å². The molecule has 226 valence electrons. The minimum absolute atomic E-state index is 0.419. The number of aromatic nitrogens is 4. The molecular weight excluding hydrogens is 556 g/mol. The van der Waals surface area contributed by atoms with E-state index in [-0.39, 0.29) is 0 Å². The Morgan fingerprint density at radius 1 is 0.977 bits per heavy atom. The van der Waals surface area contributed by atoms with Gasteiger partial charge in [-0.3, -0.25) is 4.79 Å². The molecule has 0 amide bonds. The van der Waals surface area contributed by atoms with Crippen molar-refractivity contribution in [2.45, 2.75) is 59.4 Å². The summed E-state index contributed by atoms with van der Waals surface area (Å²) in [6, 6.07) is 6.02. The minimum Gasteiger partial charge on any atom is -0.468 e. The number of carbonyl (C=O) groups is 1. The van der Waals surface area contributed by atoms with Crippen LogP contribution in [0.4, 0.5) is 0 Å². The molecule has 5 heterocycles. The number of allylic oxidation sites excluding steroid dienone is 4. The second kappa shape index (κ2) is 10.9. The quantitative estimate of drug-likeness (QED) is 0.194. The van der Waals surface area contributed by atoms with Gasteiger partial charge in [-0.25, -0.2) is 9.97 Å². The molecule has 9 heteroatoms. The number of methoxy groups -OCH3 is 1. The van der Waals surface area contributed by atoms with Gasteiger partial charge in [-0.15, -0.1) is 0 Å². The molecule has 2 aliphatic heterocycles. The molecule has 1 aliphatic carbocycles. The Morgan fingerprint density at radius 2 is 1.61 bits per heavy atom. The number of aryl methyl sites for hydroxylation is 3. The van der Waals surface area contributed by atoms with Crippen molar-refractivity contribution in [3.8, 4) is 0 Å². The summed E-state index contributed by atoms with van der Waals surface area (Å²) < 4.78 is 5.16. The number of nitrogens with zero attached hydrogens (tertiary/aromatic N) is 2. The lowest BCUT2D eigenvalue weighted by Crippen LogP contribution is -2.24. The maximum absolute atomic E-state index is 13.2. The van der Waals surface area contributed by atoms with Gasteiger partial charge in [-0.05, 0) is 86.2 Å². The van der Waals surface area contributed by atoms with E-state index < -0.39 is 24.3 Å². The molecule has 3 aliphatic rings. The number of esters is 1. The van der Waals surface area contributed by atoms with Crippen LogP contribution in [0.2, 0.25) is 0 Å². The van der Waals surface area contributed by atoms with E-state index in [1.54, 1.807) is 6.08 Å². The number of nitrogens with one attached hydrogen (secondary N) is 2. The zero-order valence-corrected chi connectivity index (χ0v) is 25.7. The summed E-state index contributed by atoms with van der Waals surface area (Å²) in [7, 11) is 1.29. The van der Waals surface area contributed by atoms with Crippen LogP contribution in [0.15, 0.2) is 36.9 Å². The molecule has 3 aromatic heterocycles. The standard InChI is InChI=1S/C35H36N4O5/c1-8-19-15(3)22-12-24-17(5)21(10-11-28(40)41)32(38-24)30-31(35(43)44-7)34(42)29-18(6)25(39-33(29)30)14-27-20(9-2)16(4)23(37-27)13-26(19)36-22/h8,10-14,28,31,34,36-37,40-42H,1,9H2,2-7H3/b11-10+,22-12?,23-13?,24-12?,25-14?,26-13?,27-14?,32-30?/t31-,34?/m1/s1. The molecule has 2 atom stereocenters. The predicted molar refractivity (Wildman–Crippen MR) is 173 cm³/mol. The van der Waals surface area contributed by atoms with Gasteiger partial charge in [0.1, 0.15) is 5.92 Å². The maximum Gasteiger partial charge on any atom is 0.316 e. The number of rotatable bonds is 5. The van der Waals surface area contributed by atoms with Crippen LogP contribution in [0.5, 0.6) is 0 Å². The number of aromatic amines is 2. The summed E-state index contributed by atoms with van der Waals surface area (Å²) in [6.07, 6.45) is 2.55. The van der Waals surface area contributed by atoms with Crippen molar-refractivity contribution in [1.29, 1.82) is 0 Å². The Kier molecular flexibility index (Phi) is 7.28. The highest BCUT2D eigenvalue weighted by molar-refractivity contribution is 6.05. The van der Waals surface area contributed by atoms with Crippen molar-refractivity contribution in [2.75, 3.05) is 7.11 Å². The molecule has 0 radical (unpaired) electrons. The molecule has 0 fully saturated rings. The van der Waals surface area contributed by atoms with E-state index in [1.165, 1.54) is 13.2 Å². The highest BCUT2D eigenvalue weighted by Gasteiger charge is 2.47. The second-order valence-corrected chi connectivity index (χ2v) is 11.4. The minimum atomic E-state index is -1.70. The van der Waals surface area contributed by atoms with Crippen LogP contribution < -0.4 is 0 Å². The largest absolute Gasteiger partial charge is 0.468 e. The first-order valence-corrected chi connectivity index (χ1v) is 14.6. The summed E-state index contributed by atoms with van der Waals surface area (Å²) in [5.41, 5.74) is 13.1. The molecule has 8 bridgehead atoms. The summed E-state index contributed by atoms with van der Waals surface area (Å²) in [5.74, 6) is -1.68. The van der Waals surface area contributed by atoms with Gasteiger partial charge < -0.3 is 30.0 Å². The number of ether oxygens (including phenoxy) is 1. The lowest BCUT2D eigenvalue weighted by molar-refractivity contribution is -0.144. The third-order valence-corrected chi connectivity index (χ3v) is 9.10. The van der Waals surface area contributed by atoms with Crippen LogP contribution in [0.1, 0.15) is 77.3 Å². The lowest BCUT2D eigenvalue weighted by atomic mass is 9.94. The highest BCUT2D eigenvalue weighted by Crippen LogP contribution is 2.50. The van der Waals surface area contributed by atoms with Crippen molar-refractivity contribution in [3.63, 3.8) is 0 Å². The Labute approximate surface area is 255 Å². The van der Waals surface area contributed by atoms with Gasteiger partial charge in [0.25, 0.3) is 0 Å². The Balaban J connectivity index is 1.86. The Bertz CT molecular complexity index is 2020. The summed E-state index contributed by atoms with van der Waals surface area (Å²) >= 11 is 0. The van der Waals surface area contributed by atoms with Crippen LogP contribution in [-0.4, -0.2) is 60.7 Å². The number of aliphatic hydroxyl groups excluding tert-OH is 2. The van der Waals surface area contributed by atoms with Gasteiger partial charge in [0.2, 0.25) is 0 Å². The molecule has 3 aromatic rings. The topological polar surface area (TPSA) is 144 Å². The number of hydrogen-bond donors (Lipinski definition) is 5. The third kappa shape index (κ3) is 4.39. The van der Waals surface area contributed by atoms with E-state index in [0.29, 0.717) is 39.5 Å². The van der Waals surface area contributed by atoms with Crippen molar-refractivity contribution in [1.82, 2.24) is 19.9 Å². The molecule has 0 spiro atoms. The van der Waals surface area contributed by atoms with Crippen molar-refractivity contribution in [3.05, 3.63) is 87.5 Å². The molecular formula is C35H36N4O5. The fourth-order valence-electron chi connectivity index (χ4n) is 6.70. The highest BCUT2D eigenvalue weighted by atomic mass is 16.5. The number of fused-ring (bicyclic) bond motifs is 8. The number of H-pyrrole nitrogens is 2. The summed E-state index contributed by atoms with van der Waals surface area (Å²) in [5, 5.41) is 31.0. The van der Waals surface area contributed by atoms with Crippen LogP contribution >= 0.6 is 0 Å². The van der Waals surface area contributed by atoms with Crippen molar-refractivity contribution in [2.24, 2.45) is 0 Å². The van der Waals surface area contributed by atoms with Crippen LogP contribution in [-0.2, 0) is 16.0 Å². The monoisotopic (exact) mass is 592 g/mol. The number of hydrogen-bond acceptors (Lipinski definition) is 7. The summed E-state index contributed by atoms with van der Waals surface area (Å²) in [6.45, 7) is 14.1. The number of aliphatic hydroxyl groups is 3. The molecule has 0 saturated carbocycles. The van der Waals surface area contributed by atoms with Gasteiger partial charge in [0.15, 0.2) is 6.29 Å². The lowest BCUT2D eigenvalue weighted by Gasteiger charge is -2.16. The Hall–Kier alpha value is -4.57. The first-order chi connectivity index (χ1) is 21.0. The second-order valence-electron chi connectivity index (χ2n) is 11.4. The van der Waals surface area contributed by atoms with E-state index in [1.807, 2.05) is 39.0 Å². The van der Waals surface area contributed by atoms with Crippen LogP contribution in [0, 0.1) is 13.8 Å². The number of carbonyl (C=O) groups excluding carboxylic acids is 1. The van der Waals surface area contributed by atoms with E-state index in [9.17, 15) is 20.1 Å². The van der Waals surface area contributed by atoms with Gasteiger partial charge in [0, 0.05) is 44.3 Å². The molecule has 0 aromatic carbocycles. The van der Waals surface area contributed by atoms with Crippen LogP contribution in [0.3, 0.4) is 0 Å². The van der Waals surface area contributed by atoms with E-state index in [4.69, 9.17) is 14.7 Å². The van der Waals surface area contributed by atoms with Gasteiger partial charge in [-0.1, -0.05) is 25.7 Å². The van der Waals surface area contributed by atoms with E-state index in [0.717, 1.165) is 61.9 Å². The first-order valence-electron chi connectivity index (χ1n) is 14.6. The molecule has 9 nitrogen and oxygen atoms in total. The maximum atomic E-state index is 13.2. The fourth-order valence-corrected chi connectivity index (χ4v) is 6.70. The van der Waals surface area contributed by atoms with Crippen molar-refractivity contribution >= 4 is 56.4 Å². The zero-order chi connectivity index (χ0) is 31.6. The zero-order valence-electron chi connectivity index (χ0n) is 25.7. The first kappa shape index (κ1) is 29.5. The normalized spacial score (nSPS) is 17.9. The fraction of sp³-hybridized carbons (Fsp3) is 0.286. The SMILES string of the molecule is C=Cc1c(C)c2cc3nc(c4c5nc(cc6[nH]c(cc1[nH]2)c(C)c6CC)C(C)=C5C(O)[C@@H]4C(=O)OC)C(/C=C/C(O)O)=C3C. The molecule has 0 saturated heterocycles. The molecule has 44 heavy (non-hydrogen) atoms. The van der Waals surface area contributed by atoms with E-state index >= 15 is 0 Å². The summed E-state index contributed by atoms with van der Waals surface area (Å²) in [4.78, 5) is 30.4. The molecule has 5 N–H and O–H groups in total.